The molecule has 0 saturated carbocycles. The molecule has 0 bridgehead atoms. The maximum atomic E-state index is 9.50. The van der Waals surface area contributed by atoms with Crippen molar-refractivity contribution in [1.29, 1.82) is 0 Å². The maximum Gasteiger partial charge on any atom is 0.135 e. The van der Waals surface area contributed by atoms with Crippen molar-refractivity contribution in [2.24, 2.45) is 0 Å². The van der Waals surface area contributed by atoms with Gasteiger partial charge < -0.3 is 9.90 Å². The summed E-state index contributed by atoms with van der Waals surface area (Å²) in [5, 5.41) is 7.53. The van der Waals surface area contributed by atoms with Crippen LogP contribution in [0.15, 0.2) is 0 Å². The molecule has 1 N–H and O–H groups in total. The molecule has 0 aliphatic carbocycles. The van der Waals surface area contributed by atoms with E-state index in [4.69, 9.17) is 5.11 Å². The quantitative estimate of drug-likeness (QED) is 0.367. The highest BCUT2D eigenvalue weighted by Crippen LogP contribution is 1.83. The van der Waals surface area contributed by atoms with Gasteiger partial charge in [0, 0.05) is 0 Å². The molecule has 0 radical (unpaired) electrons. The van der Waals surface area contributed by atoms with Crippen molar-refractivity contribution >= 4 is 18.9 Å². The number of aldehydes is 1. The summed E-state index contributed by atoms with van der Waals surface area (Å²) in [6, 6.07) is 0. The Labute approximate surface area is 41.6 Å². The predicted molar refractivity (Wildman–Crippen MR) is 25.9 cm³/mol. The summed E-state index contributed by atoms with van der Waals surface area (Å²) < 4.78 is 0. The van der Waals surface area contributed by atoms with Crippen molar-refractivity contribution < 1.29 is 9.90 Å². The fourth-order valence-electron chi connectivity index (χ4n) is 0.0430. The van der Waals surface area contributed by atoms with Crippen LogP contribution in [0.3, 0.4) is 0 Å². The van der Waals surface area contributed by atoms with E-state index in [1.165, 1.54) is 0 Å². The lowest BCUT2D eigenvalue weighted by Crippen LogP contribution is -2.04. The molecule has 0 unspecified atom stereocenters. The number of thiol groups is 1. The number of hydrogen-bond acceptors (Lipinski definition) is 3. The lowest BCUT2D eigenvalue weighted by Gasteiger charge is -1.88. The number of rotatable bonds is 2. The Morgan fingerprint density at radius 3 is 2.50 bits per heavy atom. The molecule has 36 valence electrons. The van der Waals surface area contributed by atoms with Gasteiger partial charge in [0.1, 0.15) is 6.29 Å². The molecule has 0 fully saturated rings. The van der Waals surface area contributed by atoms with Crippen LogP contribution in [0.1, 0.15) is 0 Å². The van der Waals surface area contributed by atoms with Gasteiger partial charge in [0.15, 0.2) is 0 Å². The third-order valence-electron chi connectivity index (χ3n) is 0.344. The molecule has 6 heavy (non-hydrogen) atoms. The Morgan fingerprint density at radius 1 is 2.00 bits per heavy atom. The summed E-state index contributed by atoms with van der Waals surface area (Å²) in [6.07, 6.45) is 0.586. The molecule has 0 rings (SSSR count). The van der Waals surface area contributed by atoms with Gasteiger partial charge in [0.2, 0.25) is 0 Å². The first-order chi connectivity index (χ1) is 2.81. The number of aliphatic hydroxyl groups is 1. The van der Waals surface area contributed by atoms with E-state index in [-0.39, 0.29) is 6.61 Å². The second kappa shape index (κ2) is 3.18. The third kappa shape index (κ3) is 2.23. The molecule has 0 saturated heterocycles. The van der Waals surface area contributed by atoms with Crippen molar-refractivity contribution in [2.45, 2.75) is 5.25 Å². The molecule has 0 aromatic heterocycles. The highest BCUT2D eigenvalue weighted by Gasteiger charge is 1.91. The smallest absolute Gasteiger partial charge is 0.135 e. The van der Waals surface area contributed by atoms with Gasteiger partial charge in [0.25, 0.3) is 0 Å². The van der Waals surface area contributed by atoms with Gasteiger partial charge >= 0.3 is 0 Å². The number of hydrogen-bond donors (Lipinski definition) is 2. The zero-order valence-corrected chi connectivity index (χ0v) is 4.06. The number of carbonyl (C=O) groups is 1. The van der Waals surface area contributed by atoms with E-state index in [0.29, 0.717) is 6.29 Å². The van der Waals surface area contributed by atoms with Crippen molar-refractivity contribution in [3.05, 3.63) is 0 Å². The van der Waals surface area contributed by atoms with Crippen LogP contribution < -0.4 is 0 Å². The van der Waals surface area contributed by atoms with Crippen LogP contribution in [0.4, 0.5) is 0 Å². The van der Waals surface area contributed by atoms with E-state index in [0.717, 1.165) is 0 Å². The average Bonchev–Trinajstić information content (AvgIpc) is 1.65. The van der Waals surface area contributed by atoms with Crippen LogP contribution >= 0.6 is 12.6 Å². The maximum absolute atomic E-state index is 9.50. The van der Waals surface area contributed by atoms with Gasteiger partial charge in [0.05, 0.1) is 11.9 Å². The largest absolute Gasteiger partial charge is 0.395 e. The summed E-state index contributed by atoms with van der Waals surface area (Å²) in [5.74, 6) is 0. The molecule has 3 heteroatoms. The topological polar surface area (TPSA) is 37.3 Å². The number of carbonyl (C=O) groups excluding carboxylic acids is 1. The minimum absolute atomic E-state index is 0.174. The molecular formula is C3H6O2S. The minimum atomic E-state index is -0.495. The first-order valence-corrected chi connectivity index (χ1v) is 2.07. The Hall–Kier alpha value is -0.0200. The molecule has 0 amide bonds. The Kier molecular flexibility index (Phi) is 3.17. The molecular weight excluding hydrogens is 100 g/mol. The highest BCUT2D eigenvalue weighted by molar-refractivity contribution is 7.81. The zero-order valence-electron chi connectivity index (χ0n) is 3.16. The highest BCUT2D eigenvalue weighted by atomic mass is 32.1. The van der Waals surface area contributed by atoms with E-state index in [2.05, 4.69) is 12.6 Å². The fraction of sp³-hybridized carbons (Fsp3) is 0.667. The summed E-state index contributed by atoms with van der Waals surface area (Å²) in [7, 11) is 0. The van der Waals surface area contributed by atoms with Crippen LogP contribution in [0, 0.1) is 0 Å². The van der Waals surface area contributed by atoms with Gasteiger partial charge in [-0.3, -0.25) is 0 Å². The normalized spacial score (nSPS) is 13.7. The fourth-order valence-corrected chi connectivity index (χ4v) is 0.0430. The predicted octanol–water partition coefficient (Wildman–Crippen LogP) is -0.524. The van der Waals surface area contributed by atoms with Crippen molar-refractivity contribution in [3.8, 4) is 0 Å². The summed E-state index contributed by atoms with van der Waals surface area (Å²) in [6.45, 7) is -0.174. The van der Waals surface area contributed by atoms with E-state index in [1.54, 1.807) is 0 Å². The third-order valence-corrected chi connectivity index (χ3v) is 0.629. The zero-order chi connectivity index (χ0) is 4.99. The Morgan fingerprint density at radius 2 is 2.50 bits per heavy atom. The van der Waals surface area contributed by atoms with Gasteiger partial charge in [-0.25, -0.2) is 0 Å². The first-order valence-electron chi connectivity index (χ1n) is 1.55. The molecule has 0 aromatic rings. The molecule has 1 atom stereocenters. The second-order valence-corrected chi connectivity index (χ2v) is 1.55. The van der Waals surface area contributed by atoms with E-state index >= 15 is 0 Å². The Bertz CT molecular complexity index is 46.1. The molecule has 0 heterocycles. The van der Waals surface area contributed by atoms with Crippen LogP contribution in [0.5, 0.6) is 0 Å². The average molecular weight is 106 g/mol. The first kappa shape index (κ1) is 5.98. The van der Waals surface area contributed by atoms with Crippen LogP contribution in [-0.2, 0) is 4.79 Å². The second-order valence-electron chi connectivity index (χ2n) is 0.886. The summed E-state index contributed by atoms with van der Waals surface area (Å²) in [5.41, 5.74) is 0. The lowest BCUT2D eigenvalue weighted by molar-refractivity contribution is -0.107. The van der Waals surface area contributed by atoms with Crippen molar-refractivity contribution in [3.63, 3.8) is 0 Å². The molecule has 0 aromatic carbocycles. The van der Waals surface area contributed by atoms with Crippen LogP contribution in [-0.4, -0.2) is 23.2 Å². The SMILES string of the molecule is O=C[C@H](S)CO. The van der Waals surface area contributed by atoms with Crippen LogP contribution in [0.25, 0.3) is 0 Å². The van der Waals surface area contributed by atoms with Gasteiger partial charge in [-0.1, -0.05) is 0 Å². The molecule has 0 aliphatic rings. The summed E-state index contributed by atoms with van der Waals surface area (Å²) >= 11 is 3.61. The van der Waals surface area contributed by atoms with E-state index < -0.39 is 5.25 Å². The minimum Gasteiger partial charge on any atom is -0.395 e. The summed E-state index contributed by atoms with van der Waals surface area (Å²) in [4.78, 5) is 9.50. The molecule has 2 nitrogen and oxygen atoms in total. The van der Waals surface area contributed by atoms with Gasteiger partial charge in [-0.2, -0.15) is 12.6 Å². The van der Waals surface area contributed by atoms with Crippen LogP contribution in [0.2, 0.25) is 0 Å². The van der Waals surface area contributed by atoms with Crippen molar-refractivity contribution in [2.75, 3.05) is 6.61 Å². The number of aliphatic hydroxyl groups excluding tert-OH is 1. The van der Waals surface area contributed by atoms with Crippen molar-refractivity contribution in [1.82, 2.24) is 0 Å². The molecule has 0 aliphatic heterocycles. The van der Waals surface area contributed by atoms with E-state index in [9.17, 15) is 4.79 Å². The van der Waals surface area contributed by atoms with E-state index in [1.807, 2.05) is 0 Å². The van der Waals surface area contributed by atoms with Gasteiger partial charge in [-0.05, 0) is 0 Å². The monoisotopic (exact) mass is 106 g/mol. The van der Waals surface area contributed by atoms with Gasteiger partial charge in [-0.15, -0.1) is 0 Å². The molecule has 0 spiro atoms. The standard InChI is InChI=1S/C3H6O2S/c4-1-3(6)2-5/h1,3,5-6H,2H2/t3-/m0/s1. The Balaban J connectivity index is 2.96. The lowest BCUT2D eigenvalue weighted by atomic mass is 10.5.